The summed E-state index contributed by atoms with van der Waals surface area (Å²) < 4.78 is 4.45. The molecule has 104 heavy (non-hydrogen) atoms. The van der Waals surface area contributed by atoms with Gasteiger partial charge in [-0.1, -0.05) is 223 Å². The van der Waals surface area contributed by atoms with Gasteiger partial charge >= 0.3 is 0 Å². The second-order valence-corrected chi connectivity index (χ2v) is 28.5. The van der Waals surface area contributed by atoms with Crippen molar-refractivity contribution in [1.29, 1.82) is 0 Å². The molecule has 0 bridgehead atoms. The zero-order valence-corrected chi connectivity index (χ0v) is 63.1. The molecule has 0 spiro atoms. The summed E-state index contributed by atoms with van der Waals surface area (Å²) >= 11 is 0. The molecular formula is C94H105N10+. The van der Waals surface area contributed by atoms with Gasteiger partial charge in [0, 0.05) is 77.5 Å². The molecule has 0 saturated carbocycles. The van der Waals surface area contributed by atoms with Crippen LogP contribution in [0.1, 0.15) is 114 Å². The van der Waals surface area contributed by atoms with Gasteiger partial charge in [0.2, 0.25) is 0 Å². The quantitative estimate of drug-likeness (QED) is 0.110. The maximum absolute atomic E-state index is 2.44. The summed E-state index contributed by atoms with van der Waals surface area (Å²) in [5.41, 5.74) is 27.4. The number of benzene rings is 11. The monoisotopic (exact) mass is 1370 g/mol. The Labute approximate surface area is 619 Å². The van der Waals surface area contributed by atoms with E-state index in [9.17, 15) is 0 Å². The van der Waals surface area contributed by atoms with Gasteiger partial charge in [0.05, 0.1) is 34.1 Å². The molecule has 17 rings (SSSR count). The Balaban J connectivity index is 0.000000123. The first-order valence-corrected chi connectivity index (χ1v) is 36.7. The second-order valence-electron chi connectivity index (χ2n) is 28.5. The zero-order valence-electron chi connectivity index (χ0n) is 63.1. The predicted molar refractivity (Wildman–Crippen MR) is 447 cm³/mol. The molecule has 0 radical (unpaired) electrons. The molecule has 0 amide bonds. The molecule has 10 heteroatoms. The fourth-order valence-electron chi connectivity index (χ4n) is 15.7. The van der Waals surface area contributed by atoms with E-state index >= 15 is 0 Å². The third kappa shape index (κ3) is 13.7. The lowest BCUT2D eigenvalue weighted by Gasteiger charge is -2.34. The van der Waals surface area contributed by atoms with E-state index in [2.05, 4.69) is 445 Å². The topological polar surface area (TPSA) is 34.2 Å². The van der Waals surface area contributed by atoms with Crippen LogP contribution in [0.3, 0.4) is 0 Å². The maximum Gasteiger partial charge on any atom is 0.196 e. The molecule has 0 fully saturated rings. The van der Waals surface area contributed by atoms with Crippen molar-refractivity contribution in [3.63, 3.8) is 0 Å². The highest BCUT2D eigenvalue weighted by Gasteiger charge is 2.37. The van der Waals surface area contributed by atoms with E-state index in [1.807, 2.05) is 0 Å². The first-order valence-electron chi connectivity index (χ1n) is 36.7. The maximum atomic E-state index is 2.44. The molecular weight excluding hydrogens is 1270 g/mol. The van der Waals surface area contributed by atoms with Crippen molar-refractivity contribution in [3.8, 4) is 0 Å². The van der Waals surface area contributed by atoms with Gasteiger partial charge in [0.15, 0.2) is 13.2 Å². The lowest BCUT2D eigenvalue weighted by molar-refractivity contribution is -0.735. The van der Waals surface area contributed by atoms with Gasteiger partial charge < -0.3 is 39.2 Å². The summed E-state index contributed by atoms with van der Waals surface area (Å²) in [5.74, 6) is 1.00. The van der Waals surface area contributed by atoms with Crippen molar-refractivity contribution in [2.45, 2.75) is 134 Å². The summed E-state index contributed by atoms with van der Waals surface area (Å²) in [6.45, 7) is 29.0. The summed E-state index contributed by atoms with van der Waals surface area (Å²) in [4.78, 5) is 19.1. The van der Waals surface area contributed by atoms with Crippen LogP contribution in [0.4, 0.5) is 68.2 Å². The van der Waals surface area contributed by atoms with Crippen LogP contribution in [-0.2, 0) is 7.05 Å². The Bertz CT molecular complexity index is 5040. The average Bonchev–Trinajstić information content (AvgIpc) is 1.34. The third-order valence-corrected chi connectivity index (χ3v) is 21.3. The molecule has 2 aromatic heterocycles. The summed E-state index contributed by atoms with van der Waals surface area (Å²) in [5, 5.41) is 3.95. The predicted octanol–water partition coefficient (Wildman–Crippen LogP) is 23.9. The highest BCUT2D eigenvalue weighted by Crippen LogP contribution is 2.50. The Hall–Kier alpha value is -11.2. The molecule has 4 atom stereocenters. The van der Waals surface area contributed by atoms with Gasteiger partial charge in [-0.2, -0.15) is 0 Å². The Morgan fingerprint density at radius 3 is 1.12 bits per heavy atom. The van der Waals surface area contributed by atoms with E-state index in [4.69, 9.17) is 0 Å². The number of aryl methyl sites for hydroxylation is 6. The van der Waals surface area contributed by atoms with Crippen molar-refractivity contribution < 1.29 is 4.68 Å². The number of nitrogens with zero attached hydrogens (tertiary/aromatic N) is 10. The molecule has 13 aromatic rings. The van der Waals surface area contributed by atoms with Crippen molar-refractivity contribution in [1.82, 2.24) is 4.52 Å². The number of para-hydroxylation sites is 13. The third-order valence-electron chi connectivity index (χ3n) is 21.3. The Morgan fingerprint density at radius 1 is 0.308 bits per heavy atom. The SMILES string of the molecule is C.Cc1cccc2c3ccccc3c3cc[n+](C)n3c12.Cc1ccccc1N1C=CN(c2c(C(C)C)cccc2C(C)C)[C@H]1C.Cc1ccccc1N1c2ccccc2N(C)[C@H]1C.Cc1ccccc1N1c2ccccc2N(C)[C@H]1C.Cc1ccccc1N1c2ccccc2N(c2ccccc2)[C@H]1C. The number of fused-ring (bicyclic) bond motifs is 9. The highest BCUT2D eigenvalue weighted by molar-refractivity contribution is 6.12. The van der Waals surface area contributed by atoms with E-state index < -0.39 is 0 Å². The molecule has 530 valence electrons. The first-order chi connectivity index (χ1) is 49.9. The lowest BCUT2D eigenvalue weighted by Crippen LogP contribution is -2.37. The summed E-state index contributed by atoms with van der Waals surface area (Å²) in [6, 6.07) is 94.9. The molecule has 0 N–H and O–H groups in total. The normalized spacial score (nSPS) is 16.2. The van der Waals surface area contributed by atoms with Gasteiger partial charge in [0.25, 0.3) is 0 Å². The first kappa shape index (κ1) is 72.6. The Morgan fingerprint density at radius 2 is 0.654 bits per heavy atom. The molecule has 6 heterocycles. The van der Waals surface area contributed by atoms with Gasteiger partial charge in [-0.3, -0.25) is 0 Å². The Kier molecular flexibility index (Phi) is 21.7. The van der Waals surface area contributed by atoms with Crippen molar-refractivity contribution >= 4 is 95.4 Å². The minimum atomic E-state index is 0. The van der Waals surface area contributed by atoms with E-state index in [0.717, 1.165) is 0 Å². The van der Waals surface area contributed by atoms with Gasteiger partial charge in [-0.15, -0.1) is 9.20 Å². The number of aromatic nitrogens is 2. The second kappa shape index (κ2) is 31.2. The molecule has 4 aliphatic heterocycles. The van der Waals surface area contributed by atoms with Crippen molar-refractivity contribution in [2.24, 2.45) is 7.05 Å². The van der Waals surface area contributed by atoms with E-state index in [0.29, 0.717) is 24.2 Å². The van der Waals surface area contributed by atoms with E-state index in [-0.39, 0.29) is 19.8 Å². The lowest BCUT2D eigenvalue weighted by atomic mass is 9.92. The van der Waals surface area contributed by atoms with Gasteiger partial charge in [-0.05, 0) is 191 Å². The average molecular weight is 1370 g/mol. The molecule has 11 aromatic carbocycles. The van der Waals surface area contributed by atoms with Crippen LogP contribution in [0.15, 0.2) is 286 Å². The van der Waals surface area contributed by atoms with Crippen LogP contribution >= 0.6 is 0 Å². The molecule has 0 unspecified atom stereocenters. The van der Waals surface area contributed by atoms with Crippen molar-refractivity contribution in [2.75, 3.05) is 53.3 Å². The number of hydrogen-bond acceptors (Lipinski definition) is 8. The van der Waals surface area contributed by atoms with Crippen LogP contribution in [-0.4, -0.2) is 43.3 Å². The van der Waals surface area contributed by atoms with Crippen LogP contribution in [0.25, 0.3) is 27.2 Å². The zero-order chi connectivity index (χ0) is 72.3. The van der Waals surface area contributed by atoms with Crippen LogP contribution < -0.4 is 43.9 Å². The molecule has 0 saturated heterocycles. The standard InChI is InChI=1S/C23H30N2.C21H20N2.C17H15N2.2C16H18N2.CH4/c1-16(2)20-11-9-12-21(17(3)4)23(20)25-15-14-24(19(25)6)22-13-8-7-10-18(22)5;1-16-10-6-7-13-19(16)23-17(2)22(18-11-4-3-5-12-18)20-14-8-9-15-21(20)23;1-12-6-5-9-15-13-7-3-4-8-14(13)16-10-11-18(2)19(16)17(12)15;2*1-12-8-4-5-9-14(12)18-13(2)17(3)15-10-6-7-11-16(15)18;/h7-17,19H,1-6H3;3-15,17H,1-2H3;3-11H,1-2H3;2*4-11,13H,1-3H3;1H4/q;;+1;;;/t19-;17-;;2*13-;/m01.11./s1. The van der Waals surface area contributed by atoms with Gasteiger partial charge in [-0.25, -0.2) is 0 Å². The fourth-order valence-corrected chi connectivity index (χ4v) is 15.7. The summed E-state index contributed by atoms with van der Waals surface area (Å²) in [7, 11) is 6.40. The van der Waals surface area contributed by atoms with Crippen LogP contribution in [0.2, 0.25) is 0 Å². The summed E-state index contributed by atoms with van der Waals surface area (Å²) in [6.07, 6.45) is 7.77. The van der Waals surface area contributed by atoms with Crippen LogP contribution in [0.5, 0.6) is 0 Å². The number of pyridine rings is 1. The van der Waals surface area contributed by atoms with Crippen LogP contribution in [0, 0.1) is 34.6 Å². The molecule has 10 nitrogen and oxygen atoms in total. The molecule has 0 aliphatic carbocycles. The van der Waals surface area contributed by atoms with E-state index in [1.165, 1.54) is 134 Å². The number of anilines is 12. The molecule has 4 aliphatic rings. The number of rotatable bonds is 8. The van der Waals surface area contributed by atoms with Gasteiger partial charge in [0.1, 0.15) is 35.7 Å². The highest BCUT2D eigenvalue weighted by atomic mass is 15.4. The fraction of sp³-hybridized carbons (Fsp3) is 0.245. The minimum Gasteiger partial charge on any atom is -0.353 e. The largest absolute Gasteiger partial charge is 0.353 e. The number of hydrogen-bond donors (Lipinski definition) is 0. The van der Waals surface area contributed by atoms with Crippen molar-refractivity contribution in [3.05, 3.63) is 324 Å². The smallest absolute Gasteiger partial charge is 0.196 e. The minimum absolute atomic E-state index is 0. The van der Waals surface area contributed by atoms with E-state index in [1.54, 1.807) is 0 Å².